The SMILES string of the molecule is C=CC1=CC(=O)NC(C)C1C.[HH]. The standard InChI is InChI=1S/C9H13NO.H2/c1-4-8-5-9(11)10-7(3)6(8)2;/h4-7H,1H2,2-3H3,(H,10,11);1H. The van der Waals surface area contributed by atoms with E-state index in [9.17, 15) is 4.79 Å². The van der Waals surface area contributed by atoms with Gasteiger partial charge in [0, 0.05) is 19.5 Å². The van der Waals surface area contributed by atoms with E-state index in [1.165, 1.54) is 0 Å². The highest BCUT2D eigenvalue weighted by Gasteiger charge is 2.21. The van der Waals surface area contributed by atoms with Crippen molar-refractivity contribution in [3.8, 4) is 0 Å². The second kappa shape index (κ2) is 2.91. The van der Waals surface area contributed by atoms with E-state index in [1.54, 1.807) is 12.2 Å². The van der Waals surface area contributed by atoms with Gasteiger partial charge in [-0.05, 0) is 12.5 Å². The molecule has 11 heavy (non-hydrogen) atoms. The fourth-order valence-electron chi connectivity index (χ4n) is 1.21. The fourth-order valence-corrected chi connectivity index (χ4v) is 1.21. The molecule has 2 unspecified atom stereocenters. The summed E-state index contributed by atoms with van der Waals surface area (Å²) in [6.45, 7) is 7.74. The number of amides is 1. The van der Waals surface area contributed by atoms with Crippen LogP contribution in [0.2, 0.25) is 0 Å². The Bertz CT molecular complexity index is 223. The van der Waals surface area contributed by atoms with Crippen LogP contribution in [0.25, 0.3) is 0 Å². The maximum atomic E-state index is 11.0. The topological polar surface area (TPSA) is 29.1 Å². The monoisotopic (exact) mass is 153 g/mol. The minimum atomic E-state index is -0.00880. The molecule has 0 spiro atoms. The fraction of sp³-hybridized carbons (Fsp3) is 0.444. The predicted octanol–water partition coefficient (Wildman–Crippen LogP) is 1.50. The van der Waals surface area contributed by atoms with E-state index in [1.807, 2.05) is 6.92 Å². The Morgan fingerprint density at radius 1 is 1.73 bits per heavy atom. The smallest absolute Gasteiger partial charge is 0.244 e. The molecule has 2 nitrogen and oxygen atoms in total. The van der Waals surface area contributed by atoms with Crippen molar-refractivity contribution < 1.29 is 6.22 Å². The highest BCUT2D eigenvalue weighted by Crippen LogP contribution is 2.18. The van der Waals surface area contributed by atoms with Crippen molar-refractivity contribution in [2.45, 2.75) is 19.9 Å². The van der Waals surface area contributed by atoms with Gasteiger partial charge in [-0.15, -0.1) is 0 Å². The van der Waals surface area contributed by atoms with E-state index in [4.69, 9.17) is 0 Å². The number of allylic oxidation sites excluding steroid dienone is 1. The maximum absolute atomic E-state index is 11.0. The zero-order valence-corrected chi connectivity index (χ0v) is 6.92. The van der Waals surface area contributed by atoms with Gasteiger partial charge < -0.3 is 5.32 Å². The number of hydrogen-bond acceptors (Lipinski definition) is 1. The Morgan fingerprint density at radius 2 is 2.36 bits per heavy atom. The molecule has 1 amide bonds. The Balaban J connectivity index is 0.00000121. The first-order chi connectivity index (χ1) is 5.15. The minimum Gasteiger partial charge on any atom is -0.349 e. The molecule has 0 radical (unpaired) electrons. The zero-order chi connectivity index (χ0) is 8.43. The highest BCUT2D eigenvalue weighted by molar-refractivity contribution is 5.90. The summed E-state index contributed by atoms with van der Waals surface area (Å²) in [5, 5.41) is 2.83. The van der Waals surface area contributed by atoms with E-state index in [-0.39, 0.29) is 13.4 Å². The van der Waals surface area contributed by atoms with Crippen LogP contribution >= 0.6 is 0 Å². The molecule has 0 fully saturated rings. The lowest BCUT2D eigenvalue weighted by Gasteiger charge is -2.26. The van der Waals surface area contributed by atoms with Gasteiger partial charge in [0.1, 0.15) is 0 Å². The average Bonchev–Trinajstić information content (AvgIpc) is 1.96. The summed E-state index contributed by atoms with van der Waals surface area (Å²) in [5.41, 5.74) is 1.03. The van der Waals surface area contributed by atoms with Crippen molar-refractivity contribution in [3.63, 3.8) is 0 Å². The lowest BCUT2D eigenvalue weighted by molar-refractivity contribution is -0.117. The van der Waals surface area contributed by atoms with Gasteiger partial charge in [-0.25, -0.2) is 0 Å². The van der Waals surface area contributed by atoms with Crippen molar-refractivity contribution in [2.24, 2.45) is 5.92 Å². The number of nitrogens with one attached hydrogen (secondary N) is 1. The van der Waals surface area contributed by atoms with Crippen LogP contribution in [0.4, 0.5) is 0 Å². The van der Waals surface area contributed by atoms with Crippen LogP contribution in [0.3, 0.4) is 0 Å². The molecular formula is C9H15NO. The average molecular weight is 153 g/mol. The van der Waals surface area contributed by atoms with E-state index in [0.29, 0.717) is 5.92 Å². The first-order valence-electron chi connectivity index (χ1n) is 3.79. The van der Waals surface area contributed by atoms with E-state index < -0.39 is 0 Å². The summed E-state index contributed by atoms with van der Waals surface area (Å²) < 4.78 is 0. The summed E-state index contributed by atoms with van der Waals surface area (Å²) in [5.74, 6) is 0.371. The molecule has 0 saturated carbocycles. The number of hydrogen-bond donors (Lipinski definition) is 1. The summed E-state index contributed by atoms with van der Waals surface area (Å²) in [4.78, 5) is 11.0. The van der Waals surface area contributed by atoms with Gasteiger partial charge in [0.15, 0.2) is 0 Å². The number of carbonyl (C=O) groups excluding carboxylic acids is 1. The Morgan fingerprint density at radius 3 is 2.91 bits per heavy atom. The summed E-state index contributed by atoms with van der Waals surface area (Å²) in [6, 6.07) is 0.223. The summed E-state index contributed by atoms with van der Waals surface area (Å²) in [6.07, 6.45) is 3.36. The minimum absolute atomic E-state index is 0. The van der Waals surface area contributed by atoms with Crippen molar-refractivity contribution in [3.05, 3.63) is 24.3 Å². The van der Waals surface area contributed by atoms with Crippen molar-refractivity contribution in [1.82, 2.24) is 5.32 Å². The molecule has 0 aromatic rings. The van der Waals surface area contributed by atoms with E-state index in [0.717, 1.165) is 5.57 Å². The molecular weight excluding hydrogens is 138 g/mol. The molecule has 1 N–H and O–H groups in total. The number of carbonyl (C=O) groups is 1. The Kier molecular flexibility index (Phi) is 2.13. The van der Waals surface area contributed by atoms with Crippen LogP contribution in [-0.2, 0) is 4.79 Å². The van der Waals surface area contributed by atoms with Crippen molar-refractivity contribution >= 4 is 5.91 Å². The van der Waals surface area contributed by atoms with Crippen molar-refractivity contribution in [2.75, 3.05) is 0 Å². The third-order valence-corrected chi connectivity index (χ3v) is 2.18. The Labute approximate surface area is 68.5 Å². The van der Waals surface area contributed by atoms with Gasteiger partial charge in [0.2, 0.25) is 5.91 Å². The first kappa shape index (κ1) is 8.05. The molecule has 2 atom stereocenters. The molecule has 0 aromatic carbocycles. The van der Waals surface area contributed by atoms with Crippen LogP contribution in [0, 0.1) is 5.92 Å². The highest BCUT2D eigenvalue weighted by atomic mass is 16.1. The molecule has 2 heteroatoms. The molecule has 0 bridgehead atoms. The van der Waals surface area contributed by atoms with Gasteiger partial charge in [-0.1, -0.05) is 19.6 Å². The largest absolute Gasteiger partial charge is 0.349 e. The quantitative estimate of drug-likeness (QED) is 0.607. The van der Waals surface area contributed by atoms with Crippen LogP contribution in [0.1, 0.15) is 15.3 Å². The Hall–Kier alpha value is -1.05. The van der Waals surface area contributed by atoms with Gasteiger partial charge in [0.05, 0.1) is 0 Å². The van der Waals surface area contributed by atoms with E-state index >= 15 is 0 Å². The van der Waals surface area contributed by atoms with Crippen molar-refractivity contribution in [1.29, 1.82) is 0 Å². The molecule has 1 aliphatic heterocycles. The summed E-state index contributed by atoms with van der Waals surface area (Å²) in [7, 11) is 0. The third kappa shape index (κ3) is 1.50. The summed E-state index contributed by atoms with van der Waals surface area (Å²) >= 11 is 0. The van der Waals surface area contributed by atoms with Crippen LogP contribution < -0.4 is 5.32 Å². The van der Waals surface area contributed by atoms with E-state index in [2.05, 4.69) is 18.8 Å². The second-order valence-electron chi connectivity index (χ2n) is 2.93. The van der Waals surface area contributed by atoms with Crippen LogP contribution in [0.15, 0.2) is 24.3 Å². The molecule has 0 aromatic heterocycles. The molecule has 0 saturated heterocycles. The van der Waals surface area contributed by atoms with Gasteiger partial charge >= 0.3 is 0 Å². The predicted molar refractivity (Wildman–Crippen MR) is 47.2 cm³/mol. The van der Waals surface area contributed by atoms with Crippen LogP contribution in [0.5, 0.6) is 0 Å². The maximum Gasteiger partial charge on any atom is 0.244 e. The van der Waals surface area contributed by atoms with Gasteiger partial charge in [0.25, 0.3) is 0 Å². The molecule has 62 valence electrons. The molecule has 1 aliphatic rings. The molecule has 1 rings (SSSR count). The normalized spacial score (nSPS) is 30.7. The van der Waals surface area contributed by atoms with Gasteiger partial charge in [-0.3, -0.25) is 4.79 Å². The lowest BCUT2D eigenvalue weighted by Crippen LogP contribution is -2.40. The molecule has 0 aliphatic carbocycles. The van der Waals surface area contributed by atoms with Gasteiger partial charge in [-0.2, -0.15) is 0 Å². The van der Waals surface area contributed by atoms with Crippen LogP contribution in [-0.4, -0.2) is 11.9 Å². The number of rotatable bonds is 1. The first-order valence-corrected chi connectivity index (χ1v) is 3.79. The zero-order valence-electron chi connectivity index (χ0n) is 6.92. The molecule has 1 heterocycles. The third-order valence-electron chi connectivity index (χ3n) is 2.18. The second-order valence-corrected chi connectivity index (χ2v) is 2.93. The lowest BCUT2D eigenvalue weighted by atomic mass is 9.91.